The molecule has 90 valence electrons. The zero-order valence-electron chi connectivity index (χ0n) is 8.74. The van der Waals surface area contributed by atoms with Gasteiger partial charge in [0.2, 0.25) is 0 Å². The molecule has 6 nitrogen and oxygen atoms in total. The van der Waals surface area contributed by atoms with Crippen LogP contribution in [0.25, 0.3) is 0 Å². The second kappa shape index (κ2) is 4.46. The molecule has 0 spiro atoms. The third-order valence-electron chi connectivity index (χ3n) is 2.06. The molecule has 1 aromatic carbocycles. The standard InChI is InChI=1S/C10H10N2O4S/c13-10(12-7-4-8-16-12)11-17(14,15)9-5-2-1-3-6-9/h1-6,8H,7H2,(H,11,13). The predicted octanol–water partition coefficient (Wildman–Crippen LogP) is 0.846. The van der Waals surface area contributed by atoms with Crippen LogP contribution in [0.5, 0.6) is 0 Å². The molecule has 1 N–H and O–H groups in total. The molecule has 0 saturated carbocycles. The summed E-state index contributed by atoms with van der Waals surface area (Å²) in [5.74, 6) is 0. The first-order chi connectivity index (χ1) is 8.09. The van der Waals surface area contributed by atoms with Crippen molar-refractivity contribution < 1.29 is 18.0 Å². The van der Waals surface area contributed by atoms with Gasteiger partial charge in [0.25, 0.3) is 10.0 Å². The topological polar surface area (TPSA) is 75.7 Å². The summed E-state index contributed by atoms with van der Waals surface area (Å²) in [6.07, 6.45) is 2.91. The Balaban J connectivity index is 2.10. The van der Waals surface area contributed by atoms with Crippen LogP contribution in [-0.4, -0.2) is 26.1 Å². The van der Waals surface area contributed by atoms with Gasteiger partial charge in [-0.25, -0.2) is 17.9 Å². The van der Waals surface area contributed by atoms with Crippen LogP contribution < -0.4 is 4.72 Å². The number of carbonyl (C=O) groups excluding carboxylic acids is 1. The molecule has 0 bridgehead atoms. The van der Waals surface area contributed by atoms with E-state index in [0.29, 0.717) is 0 Å². The smallest absolute Gasteiger partial charge is 0.364 e. The molecule has 0 unspecified atom stereocenters. The Labute approximate surface area is 98.5 Å². The van der Waals surface area contributed by atoms with E-state index in [-0.39, 0.29) is 11.4 Å². The number of rotatable bonds is 2. The van der Waals surface area contributed by atoms with Crippen molar-refractivity contribution in [3.63, 3.8) is 0 Å². The average Bonchev–Trinajstić information content (AvgIpc) is 2.83. The Hall–Kier alpha value is -2.02. The highest BCUT2D eigenvalue weighted by Crippen LogP contribution is 2.09. The number of benzene rings is 1. The molecule has 1 aliphatic heterocycles. The Morgan fingerprint density at radius 3 is 2.59 bits per heavy atom. The largest absolute Gasteiger partial charge is 0.383 e. The van der Waals surface area contributed by atoms with Gasteiger partial charge >= 0.3 is 6.03 Å². The van der Waals surface area contributed by atoms with E-state index in [2.05, 4.69) is 0 Å². The van der Waals surface area contributed by atoms with E-state index in [0.717, 1.165) is 5.06 Å². The molecule has 0 aliphatic carbocycles. The highest BCUT2D eigenvalue weighted by molar-refractivity contribution is 7.90. The van der Waals surface area contributed by atoms with Crippen LogP contribution in [0, 0.1) is 0 Å². The first-order valence-electron chi connectivity index (χ1n) is 4.81. The van der Waals surface area contributed by atoms with E-state index < -0.39 is 16.1 Å². The fourth-order valence-corrected chi connectivity index (χ4v) is 2.22. The van der Waals surface area contributed by atoms with Crippen molar-refractivity contribution in [2.45, 2.75) is 4.90 Å². The lowest BCUT2D eigenvalue weighted by atomic mass is 10.4. The summed E-state index contributed by atoms with van der Waals surface area (Å²) in [6.45, 7) is 0.218. The molecule has 7 heteroatoms. The van der Waals surface area contributed by atoms with Crippen molar-refractivity contribution in [3.8, 4) is 0 Å². The van der Waals surface area contributed by atoms with Gasteiger partial charge in [-0.2, -0.15) is 5.06 Å². The molecule has 1 heterocycles. The van der Waals surface area contributed by atoms with Crippen LogP contribution in [0.15, 0.2) is 47.6 Å². The van der Waals surface area contributed by atoms with E-state index in [1.165, 1.54) is 18.4 Å². The maximum absolute atomic E-state index is 11.8. The molecule has 0 fully saturated rings. The summed E-state index contributed by atoms with van der Waals surface area (Å²) < 4.78 is 25.4. The summed E-state index contributed by atoms with van der Waals surface area (Å²) >= 11 is 0. The van der Waals surface area contributed by atoms with Crippen molar-refractivity contribution in [2.75, 3.05) is 6.54 Å². The Morgan fingerprint density at radius 1 is 1.29 bits per heavy atom. The minimum Gasteiger partial charge on any atom is -0.383 e. The summed E-state index contributed by atoms with van der Waals surface area (Å²) in [5, 5.41) is 0.903. The van der Waals surface area contributed by atoms with Crippen molar-refractivity contribution in [1.82, 2.24) is 9.79 Å². The number of urea groups is 1. The summed E-state index contributed by atoms with van der Waals surface area (Å²) in [7, 11) is -3.85. The number of amides is 2. The molecule has 0 aromatic heterocycles. The minimum atomic E-state index is -3.85. The van der Waals surface area contributed by atoms with Crippen LogP contribution in [0.1, 0.15) is 0 Å². The minimum absolute atomic E-state index is 0.0282. The van der Waals surface area contributed by atoms with Gasteiger partial charge in [0.15, 0.2) is 0 Å². The third kappa shape index (κ3) is 2.56. The van der Waals surface area contributed by atoms with Gasteiger partial charge in [0.05, 0.1) is 11.4 Å². The first kappa shape index (κ1) is 11.5. The Bertz CT molecular complexity index is 531. The van der Waals surface area contributed by atoms with Gasteiger partial charge in [-0.05, 0) is 18.2 Å². The first-order valence-corrected chi connectivity index (χ1v) is 6.29. The molecule has 0 saturated heterocycles. The number of sulfonamides is 1. The van der Waals surface area contributed by atoms with Gasteiger partial charge < -0.3 is 4.84 Å². The van der Waals surface area contributed by atoms with Crippen molar-refractivity contribution >= 4 is 16.1 Å². The summed E-state index contributed by atoms with van der Waals surface area (Å²) in [4.78, 5) is 16.3. The number of nitrogens with zero attached hydrogens (tertiary/aromatic N) is 1. The van der Waals surface area contributed by atoms with Crippen molar-refractivity contribution in [2.24, 2.45) is 0 Å². The Kier molecular flexibility index (Phi) is 3.01. The summed E-state index contributed by atoms with van der Waals surface area (Å²) in [5.41, 5.74) is 0. The SMILES string of the molecule is O=C(NS(=O)(=O)c1ccccc1)N1CC=CO1. The summed E-state index contributed by atoms with van der Waals surface area (Å²) in [6, 6.07) is 6.82. The van der Waals surface area contributed by atoms with Crippen LogP contribution in [0.3, 0.4) is 0 Å². The fraction of sp³-hybridized carbons (Fsp3) is 0.100. The molecule has 1 aromatic rings. The second-order valence-corrected chi connectivity index (χ2v) is 4.94. The number of hydroxylamine groups is 2. The number of nitrogens with one attached hydrogen (secondary N) is 1. The highest BCUT2D eigenvalue weighted by atomic mass is 32.2. The average molecular weight is 254 g/mol. The molecular formula is C10H10N2O4S. The van der Waals surface area contributed by atoms with Gasteiger partial charge in [-0.1, -0.05) is 18.2 Å². The van der Waals surface area contributed by atoms with Crippen LogP contribution in [-0.2, 0) is 14.9 Å². The molecule has 0 atom stereocenters. The molecule has 2 rings (SSSR count). The van der Waals surface area contributed by atoms with Gasteiger partial charge in [0.1, 0.15) is 6.26 Å². The quantitative estimate of drug-likeness (QED) is 0.848. The second-order valence-electron chi connectivity index (χ2n) is 3.26. The van der Waals surface area contributed by atoms with Crippen LogP contribution >= 0.6 is 0 Å². The predicted molar refractivity (Wildman–Crippen MR) is 59.1 cm³/mol. The van der Waals surface area contributed by atoms with E-state index in [1.54, 1.807) is 24.3 Å². The van der Waals surface area contributed by atoms with Crippen LogP contribution in [0.4, 0.5) is 4.79 Å². The van der Waals surface area contributed by atoms with E-state index in [4.69, 9.17) is 4.84 Å². The molecule has 2 amide bonds. The number of hydrogen-bond donors (Lipinski definition) is 1. The molecule has 17 heavy (non-hydrogen) atoms. The zero-order chi connectivity index (χ0) is 12.3. The lowest BCUT2D eigenvalue weighted by Crippen LogP contribution is -2.40. The Morgan fingerprint density at radius 2 is 2.00 bits per heavy atom. The highest BCUT2D eigenvalue weighted by Gasteiger charge is 2.23. The lowest BCUT2D eigenvalue weighted by molar-refractivity contribution is -0.0275. The molecule has 0 radical (unpaired) electrons. The number of carbonyl (C=O) groups is 1. The van der Waals surface area contributed by atoms with Gasteiger partial charge in [0, 0.05) is 0 Å². The van der Waals surface area contributed by atoms with Crippen molar-refractivity contribution in [3.05, 3.63) is 42.7 Å². The molecular weight excluding hydrogens is 244 g/mol. The van der Waals surface area contributed by atoms with E-state index in [9.17, 15) is 13.2 Å². The van der Waals surface area contributed by atoms with E-state index in [1.807, 2.05) is 4.72 Å². The van der Waals surface area contributed by atoms with Gasteiger partial charge in [-0.3, -0.25) is 0 Å². The monoisotopic (exact) mass is 254 g/mol. The molecule has 1 aliphatic rings. The normalized spacial score (nSPS) is 14.5. The van der Waals surface area contributed by atoms with E-state index >= 15 is 0 Å². The zero-order valence-corrected chi connectivity index (χ0v) is 9.55. The van der Waals surface area contributed by atoms with Gasteiger partial charge in [-0.15, -0.1) is 0 Å². The lowest BCUT2D eigenvalue weighted by Gasteiger charge is -2.15. The third-order valence-corrected chi connectivity index (χ3v) is 3.39. The maximum atomic E-state index is 11.8. The van der Waals surface area contributed by atoms with Crippen molar-refractivity contribution in [1.29, 1.82) is 0 Å². The fourth-order valence-electron chi connectivity index (χ4n) is 1.25. The van der Waals surface area contributed by atoms with Crippen LogP contribution in [0.2, 0.25) is 0 Å². The number of hydrogen-bond acceptors (Lipinski definition) is 4. The maximum Gasteiger partial charge on any atom is 0.364 e.